The molecule has 0 aliphatic carbocycles. The smallest absolute Gasteiger partial charge is 0.235 e. The van der Waals surface area contributed by atoms with Gasteiger partial charge in [0.05, 0.1) is 5.25 Å². The highest BCUT2D eigenvalue weighted by atomic mass is 32.2. The molecule has 6 nitrogen and oxygen atoms in total. The average molecular weight is 379 g/mol. The lowest BCUT2D eigenvalue weighted by Crippen LogP contribution is -2.44. The van der Waals surface area contributed by atoms with Gasteiger partial charge in [0.15, 0.2) is 0 Å². The zero-order valence-electron chi connectivity index (χ0n) is 14.4. The van der Waals surface area contributed by atoms with Gasteiger partial charge in [0.25, 0.3) is 0 Å². The van der Waals surface area contributed by atoms with E-state index in [0.29, 0.717) is 25.9 Å². The number of likely N-dealkylation sites (tertiary alicyclic amines) is 1. The molecule has 2 N–H and O–H groups in total. The summed E-state index contributed by atoms with van der Waals surface area (Å²) in [5.41, 5.74) is 5.36. The lowest BCUT2D eigenvalue weighted by atomic mass is 9.96. The molecular weight excluding hydrogens is 356 g/mol. The highest BCUT2D eigenvalue weighted by molar-refractivity contribution is 8.00. The van der Waals surface area contributed by atoms with Gasteiger partial charge in [-0.3, -0.25) is 9.59 Å². The number of fused-ring (bicyclic) bond motifs is 1. The molecule has 3 heterocycles. The molecule has 134 valence electrons. The summed E-state index contributed by atoms with van der Waals surface area (Å²) in [5.74, 6) is -0.278. The normalized spacial score (nSPS) is 17.0. The van der Waals surface area contributed by atoms with Crippen LogP contribution < -0.4 is 5.73 Å². The molecule has 1 atom stereocenters. The van der Waals surface area contributed by atoms with Crippen molar-refractivity contribution in [1.82, 2.24) is 14.9 Å². The number of nitrogens with two attached hydrogens (primary N) is 1. The summed E-state index contributed by atoms with van der Waals surface area (Å²) in [5, 5.41) is 1.66. The summed E-state index contributed by atoms with van der Waals surface area (Å²) < 4.78 is 0. The zero-order valence-corrected chi connectivity index (χ0v) is 16.0. The van der Waals surface area contributed by atoms with E-state index in [9.17, 15) is 9.59 Å². The van der Waals surface area contributed by atoms with E-state index in [1.165, 1.54) is 16.6 Å². The third kappa shape index (κ3) is 3.95. The maximum absolute atomic E-state index is 12.7. The fraction of sp³-hybridized carbons (Fsp3) is 0.529. The molecule has 1 unspecified atom stereocenters. The number of hydrogen-bond acceptors (Lipinski definition) is 6. The maximum Gasteiger partial charge on any atom is 0.235 e. The first-order valence-electron chi connectivity index (χ1n) is 8.47. The standard InChI is InChI=1S/C17H22N4O2S2/c1-3-12-8-13-15(19-9-20-16(13)25-12)24-10(2)17(23)21-6-4-11(5-7-21)14(18)22/h8-11H,3-7H2,1-2H3,(H2,18,22). The number of primary amides is 1. The van der Waals surface area contributed by atoms with Crippen molar-refractivity contribution in [1.29, 1.82) is 0 Å². The Morgan fingerprint density at radius 2 is 2.12 bits per heavy atom. The lowest BCUT2D eigenvalue weighted by Gasteiger charge is -2.32. The number of thioether (sulfide) groups is 1. The van der Waals surface area contributed by atoms with Crippen LogP contribution in [0.5, 0.6) is 0 Å². The summed E-state index contributed by atoms with van der Waals surface area (Å²) in [7, 11) is 0. The summed E-state index contributed by atoms with van der Waals surface area (Å²) >= 11 is 3.15. The molecule has 0 radical (unpaired) electrons. The second-order valence-electron chi connectivity index (χ2n) is 6.23. The Balaban J connectivity index is 1.68. The van der Waals surface area contributed by atoms with Gasteiger partial charge >= 0.3 is 0 Å². The molecule has 0 saturated carbocycles. The molecule has 1 aliphatic rings. The molecule has 1 saturated heterocycles. The van der Waals surface area contributed by atoms with Crippen molar-refractivity contribution in [3.8, 4) is 0 Å². The van der Waals surface area contributed by atoms with Crippen molar-refractivity contribution in [3.05, 3.63) is 17.3 Å². The SMILES string of the molecule is CCc1cc2c(SC(C)C(=O)N3CCC(C(N)=O)CC3)ncnc2s1. The van der Waals surface area contributed by atoms with E-state index in [0.717, 1.165) is 21.7 Å². The van der Waals surface area contributed by atoms with Gasteiger partial charge in [0, 0.05) is 29.3 Å². The average Bonchev–Trinajstić information content (AvgIpc) is 3.05. The number of thiophene rings is 1. The van der Waals surface area contributed by atoms with Crippen molar-refractivity contribution < 1.29 is 9.59 Å². The van der Waals surface area contributed by atoms with E-state index in [-0.39, 0.29) is 23.0 Å². The Kier molecular flexibility index (Phi) is 5.58. The Bertz CT molecular complexity index is 784. The maximum atomic E-state index is 12.7. The highest BCUT2D eigenvalue weighted by Gasteiger charge is 2.29. The van der Waals surface area contributed by atoms with E-state index < -0.39 is 0 Å². The first-order chi connectivity index (χ1) is 12.0. The van der Waals surface area contributed by atoms with Crippen LogP contribution in [0.25, 0.3) is 10.2 Å². The predicted octanol–water partition coefficient (Wildman–Crippen LogP) is 2.46. The summed E-state index contributed by atoms with van der Waals surface area (Å²) in [4.78, 5) is 36.8. The molecular formula is C17H22N4O2S2. The zero-order chi connectivity index (χ0) is 18.0. The molecule has 1 aliphatic heterocycles. The van der Waals surface area contributed by atoms with Gasteiger partial charge in [-0.05, 0) is 32.3 Å². The highest BCUT2D eigenvalue weighted by Crippen LogP contribution is 2.33. The van der Waals surface area contributed by atoms with E-state index in [2.05, 4.69) is 23.0 Å². The van der Waals surface area contributed by atoms with E-state index in [1.807, 2.05) is 11.8 Å². The van der Waals surface area contributed by atoms with Gasteiger partial charge in [-0.15, -0.1) is 11.3 Å². The second kappa shape index (κ2) is 7.70. The molecule has 2 aromatic heterocycles. The number of aryl methyl sites for hydroxylation is 1. The number of carbonyl (C=O) groups is 2. The van der Waals surface area contributed by atoms with Crippen LogP contribution in [0.1, 0.15) is 31.6 Å². The number of piperidine rings is 1. The minimum Gasteiger partial charge on any atom is -0.369 e. The third-order valence-electron chi connectivity index (χ3n) is 4.54. The number of aromatic nitrogens is 2. The van der Waals surface area contributed by atoms with Crippen LogP contribution in [0, 0.1) is 5.92 Å². The van der Waals surface area contributed by atoms with Crippen molar-refractivity contribution in [2.75, 3.05) is 13.1 Å². The van der Waals surface area contributed by atoms with Gasteiger partial charge in [0.2, 0.25) is 11.8 Å². The Morgan fingerprint density at radius 3 is 2.76 bits per heavy atom. The fourth-order valence-corrected chi connectivity index (χ4v) is 4.99. The number of hydrogen-bond donors (Lipinski definition) is 1. The molecule has 2 amide bonds. The number of amides is 2. The minimum atomic E-state index is -0.262. The fourth-order valence-electron chi connectivity index (χ4n) is 3.01. The summed E-state index contributed by atoms with van der Waals surface area (Å²) in [6.45, 7) is 5.21. The Morgan fingerprint density at radius 1 is 1.40 bits per heavy atom. The predicted molar refractivity (Wildman–Crippen MR) is 101 cm³/mol. The number of nitrogens with zero attached hydrogens (tertiary/aromatic N) is 3. The molecule has 3 rings (SSSR count). The summed E-state index contributed by atoms with van der Waals surface area (Å²) in [6.07, 6.45) is 3.84. The van der Waals surface area contributed by atoms with Crippen molar-refractivity contribution >= 4 is 45.1 Å². The first kappa shape index (κ1) is 18.1. The van der Waals surface area contributed by atoms with Crippen LogP contribution >= 0.6 is 23.1 Å². The molecule has 25 heavy (non-hydrogen) atoms. The Hall–Kier alpha value is -1.67. The van der Waals surface area contributed by atoms with Crippen molar-refractivity contribution in [2.45, 2.75) is 43.4 Å². The van der Waals surface area contributed by atoms with Crippen LogP contribution in [0.4, 0.5) is 0 Å². The van der Waals surface area contributed by atoms with Gasteiger partial charge in [-0.25, -0.2) is 9.97 Å². The number of rotatable bonds is 5. The van der Waals surface area contributed by atoms with Gasteiger partial charge < -0.3 is 10.6 Å². The lowest BCUT2D eigenvalue weighted by molar-refractivity contribution is -0.134. The molecule has 0 aromatic carbocycles. The third-order valence-corrected chi connectivity index (χ3v) is 6.83. The van der Waals surface area contributed by atoms with Crippen molar-refractivity contribution in [3.63, 3.8) is 0 Å². The summed E-state index contributed by atoms with van der Waals surface area (Å²) in [6, 6.07) is 2.12. The van der Waals surface area contributed by atoms with Crippen LogP contribution in [-0.4, -0.2) is 45.0 Å². The van der Waals surface area contributed by atoms with Gasteiger partial charge in [0.1, 0.15) is 16.2 Å². The Labute approximate surface area is 155 Å². The quantitative estimate of drug-likeness (QED) is 0.638. The van der Waals surface area contributed by atoms with E-state index >= 15 is 0 Å². The first-order valence-corrected chi connectivity index (χ1v) is 10.2. The minimum absolute atomic E-state index is 0.0885. The van der Waals surface area contributed by atoms with Crippen LogP contribution in [0.3, 0.4) is 0 Å². The molecule has 0 spiro atoms. The monoisotopic (exact) mass is 378 g/mol. The van der Waals surface area contributed by atoms with Gasteiger partial charge in [-0.1, -0.05) is 18.7 Å². The number of carbonyl (C=O) groups excluding carboxylic acids is 2. The molecule has 2 aromatic rings. The molecule has 8 heteroatoms. The van der Waals surface area contributed by atoms with E-state index in [4.69, 9.17) is 5.73 Å². The van der Waals surface area contributed by atoms with Crippen LogP contribution in [0.15, 0.2) is 17.4 Å². The topological polar surface area (TPSA) is 89.2 Å². The van der Waals surface area contributed by atoms with E-state index in [1.54, 1.807) is 17.7 Å². The second-order valence-corrected chi connectivity index (χ2v) is 8.67. The van der Waals surface area contributed by atoms with Crippen LogP contribution in [0.2, 0.25) is 0 Å². The largest absolute Gasteiger partial charge is 0.369 e. The van der Waals surface area contributed by atoms with Crippen LogP contribution in [-0.2, 0) is 16.0 Å². The van der Waals surface area contributed by atoms with Crippen molar-refractivity contribution in [2.24, 2.45) is 11.7 Å². The molecule has 1 fully saturated rings. The van der Waals surface area contributed by atoms with Gasteiger partial charge in [-0.2, -0.15) is 0 Å². The molecule has 0 bridgehead atoms.